The maximum atomic E-state index is 13.5. The molecule has 10 rings (SSSR count). The highest BCUT2D eigenvalue weighted by Gasteiger charge is 2.40. The molecule has 2 heterocycles. The van der Waals surface area contributed by atoms with E-state index < -0.39 is 22.8 Å². The van der Waals surface area contributed by atoms with E-state index in [4.69, 9.17) is 71.8 Å². The van der Waals surface area contributed by atoms with Crippen molar-refractivity contribution >= 4 is 109 Å². The van der Waals surface area contributed by atoms with E-state index in [1.807, 2.05) is 210 Å². The summed E-state index contributed by atoms with van der Waals surface area (Å²) in [6.07, 6.45) is 12.5. The smallest absolute Gasteiger partial charge is 0.270 e. The highest BCUT2D eigenvalue weighted by molar-refractivity contribution is 8.26. The Balaban J connectivity index is 0.000000303. The van der Waals surface area contributed by atoms with Crippen molar-refractivity contribution in [3.63, 3.8) is 0 Å². The first-order chi connectivity index (χ1) is 56.3. The molecule has 2 fully saturated rings. The zero-order chi connectivity index (χ0) is 93.2. The van der Waals surface area contributed by atoms with E-state index in [2.05, 4.69) is 40.2 Å². The number of rotatable bonds is 1. The monoisotopic (exact) mass is 1690 g/mol. The average Bonchev–Trinajstić information content (AvgIpc) is 1.62. The molecule has 2 aliphatic heterocycles. The predicted molar refractivity (Wildman–Crippen MR) is 479 cm³/mol. The number of benzene rings is 4. The number of thioether (sulfide) groups is 1. The molecule has 4 aromatic rings. The lowest BCUT2D eigenvalue weighted by Gasteiger charge is -2.32. The summed E-state index contributed by atoms with van der Waals surface area (Å²) in [7, 11) is 3.15. The first kappa shape index (κ1) is 101. The Morgan fingerprint density at radius 2 is 0.656 bits per heavy atom. The van der Waals surface area contributed by atoms with Crippen molar-refractivity contribution in [2.45, 2.75) is 152 Å². The number of hydrogen-bond donors (Lipinski definition) is 0. The van der Waals surface area contributed by atoms with Crippen molar-refractivity contribution in [3.8, 4) is 36.4 Å². The summed E-state index contributed by atoms with van der Waals surface area (Å²) in [6, 6.07) is 34.2. The summed E-state index contributed by atoms with van der Waals surface area (Å²) >= 11 is 11.5. The number of amides is 3. The van der Waals surface area contributed by atoms with Crippen LogP contribution in [0.5, 0.6) is 0 Å². The molecule has 4 aliphatic carbocycles. The second-order valence-electron chi connectivity index (χ2n) is 35.6. The zero-order valence-corrected chi connectivity index (χ0v) is 75.4. The van der Waals surface area contributed by atoms with Crippen molar-refractivity contribution in [1.29, 1.82) is 31.6 Å². The number of ketones is 4. The van der Waals surface area contributed by atoms with E-state index in [1.54, 1.807) is 91.8 Å². The number of hydrogen-bond acceptors (Lipinski definition) is 16. The van der Waals surface area contributed by atoms with E-state index in [0.29, 0.717) is 77.7 Å². The molecule has 4 aromatic carbocycles. The van der Waals surface area contributed by atoms with Gasteiger partial charge in [-0.05, 0) is 97.0 Å². The Hall–Kier alpha value is -13.6. The molecular formula is C97H95F2N13O7S3. The normalized spacial score (nSPS) is 17.2. The number of fused-ring (bicyclic) bond motifs is 4. The van der Waals surface area contributed by atoms with Gasteiger partial charge in [-0.15, -0.1) is 0 Å². The molecule has 6 aliphatic rings. The Labute approximate surface area is 730 Å². The fourth-order valence-electron chi connectivity index (χ4n) is 12.2. The van der Waals surface area contributed by atoms with E-state index in [-0.39, 0.29) is 129 Å². The minimum Gasteiger partial charge on any atom is -0.293 e. The van der Waals surface area contributed by atoms with E-state index >= 15 is 0 Å². The number of nitriles is 6. The number of likely N-dealkylation sites (N-methyl/N-ethyl adjacent to an activating group) is 3. The first-order valence-electron chi connectivity index (χ1n) is 37.9. The molecule has 3 amide bonds. The van der Waals surface area contributed by atoms with Gasteiger partial charge in [-0.2, -0.15) is 10.5 Å². The van der Waals surface area contributed by atoms with Crippen LogP contribution in [0.15, 0.2) is 189 Å². The van der Waals surface area contributed by atoms with Crippen molar-refractivity contribution in [2.75, 3.05) is 20.6 Å². The lowest BCUT2D eigenvalue weighted by molar-refractivity contribution is -0.132. The highest BCUT2D eigenvalue weighted by Crippen LogP contribution is 2.50. The van der Waals surface area contributed by atoms with Gasteiger partial charge in [0.2, 0.25) is 0 Å². The maximum absolute atomic E-state index is 13.5. The molecule has 25 heteroatoms. The lowest BCUT2D eigenvalue weighted by atomic mass is 9.88. The summed E-state index contributed by atoms with van der Waals surface area (Å²) in [4.78, 5) is 103. The van der Waals surface area contributed by atoms with Crippen molar-refractivity contribution in [2.24, 2.45) is 37.9 Å². The van der Waals surface area contributed by atoms with Gasteiger partial charge in [0.05, 0.1) is 61.0 Å². The summed E-state index contributed by atoms with van der Waals surface area (Å²) in [5, 5.41) is 54.0. The molecule has 20 nitrogen and oxygen atoms in total. The zero-order valence-electron chi connectivity index (χ0n) is 73.0. The standard InChI is InChI=1S/C20H14N4.C17H12F2N2O.C17H14N2O.C14H14O2.C11H16N2O2S.C10H15NOS2.C8H10N2/c1-20(2,3)10-15-18(16(11-21)23-4)13-8-6-7-9-14(13)19(15)17(12-22)24-5;1-17(2,3)7-11-15(14(8-20)21-4)9-5-12(18)13(19)6-10(9)16(11)22;1-17(2,3)9-13-15(14(10-18)19-4)11-7-5-6-8-12(11)16(13)20;1-14(2,3)8-11-12(15)9-6-4-5-7-10(9)13(11)16;1-11(2,3)6-7-8(14)12(4)10(16)13(5)9(7)15;1-5-11-8(12)7(14-9(11)13)6-10(2,3)4;1-8(2,3)4-7(5-9)6-10/h6-10H,1-3H3;5-7H,1-3H3;5-9H,1-3H3;4-8H,1-3H3;6H,1-5H3;6H,5H2,1-4H3;4H,1-3H3/b18-16-,19-17-;11-7-,15-14-;13-9-,15-14-;;;7-6-;. The van der Waals surface area contributed by atoms with Crippen LogP contribution in [0.25, 0.3) is 41.7 Å². The van der Waals surface area contributed by atoms with Gasteiger partial charge >= 0.3 is 0 Å². The topological polar surface area (TPSA) is 289 Å². The van der Waals surface area contributed by atoms with E-state index in [0.717, 1.165) is 17.0 Å². The largest absolute Gasteiger partial charge is 0.293 e. The Morgan fingerprint density at radius 1 is 0.385 bits per heavy atom. The molecule has 0 atom stereocenters. The Morgan fingerprint density at radius 3 is 0.951 bits per heavy atom. The van der Waals surface area contributed by atoms with Crippen molar-refractivity contribution in [1.82, 2.24) is 14.7 Å². The fraction of sp³-hybridized carbons (Fsp3) is 0.330. The van der Waals surface area contributed by atoms with Gasteiger partial charge in [0.1, 0.15) is 27.6 Å². The SMILES string of the molecule is CC(C)(C)C=C(C#N)C#N.CC(C)(C)C=C1C(=O)c2ccccc2C1=O.CCN1C(=O)/C(=C/C(C)(C)C)SC1=S.CN1C(=O)C(=CC(C)(C)C)C(=O)N(C)C1=S.[C-]#[N+]/C(C#N)=C1\C(=CC(C)(C)C)/C(=C(/C#N)[N+]#[C-])c2ccccc21.[C-]#[N+]/C(C#N)=C1\C(=C\C(C)(C)C)C(=O)c2cc(F)c(F)cc21.[C-]#[N+]/C(C#N)=C1\C(=C\C(C)(C)C)C(=O)c2ccccc21. The van der Waals surface area contributed by atoms with Crippen LogP contribution in [-0.4, -0.2) is 85.6 Å². The van der Waals surface area contributed by atoms with Crippen LogP contribution < -0.4 is 0 Å². The van der Waals surface area contributed by atoms with Gasteiger partial charge in [-0.3, -0.25) is 48.3 Å². The predicted octanol–water partition coefficient (Wildman–Crippen LogP) is 22.3. The molecule has 0 saturated carbocycles. The summed E-state index contributed by atoms with van der Waals surface area (Å²) < 4.78 is 27.6. The van der Waals surface area contributed by atoms with Gasteiger partial charge in [0.15, 0.2) is 39.9 Å². The molecule has 0 bridgehead atoms. The lowest BCUT2D eigenvalue weighted by Crippen LogP contribution is -2.53. The third kappa shape index (κ3) is 26.2. The summed E-state index contributed by atoms with van der Waals surface area (Å²) in [5.41, 5.74) is 5.55. The number of Topliss-reactive ketones (excluding diaryl/α,β-unsaturated/α-hetero) is 4. The van der Waals surface area contributed by atoms with Crippen LogP contribution in [0, 0.1) is 144 Å². The van der Waals surface area contributed by atoms with Crippen LogP contribution in [0.2, 0.25) is 0 Å². The van der Waals surface area contributed by atoms with Gasteiger partial charge < -0.3 is 0 Å². The summed E-state index contributed by atoms with van der Waals surface area (Å²) in [5.74, 6) is -3.76. The Bertz CT molecular complexity index is 5690. The van der Waals surface area contributed by atoms with Gasteiger partial charge in [0.25, 0.3) is 40.5 Å². The molecule has 0 aromatic heterocycles. The second-order valence-corrected chi connectivity index (χ2v) is 37.7. The third-order valence-corrected chi connectivity index (χ3v) is 18.8. The van der Waals surface area contributed by atoms with Gasteiger partial charge in [0, 0.05) is 76.3 Å². The van der Waals surface area contributed by atoms with Crippen LogP contribution in [-0.2, 0) is 14.4 Å². The van der Waals surface area contributed by atoms with Crippen molar-refractivity contribution in [3.05, 3.63) is 290 Å². The van der Waals surface area contributed by atoms with Crippen molar-refractivity contribution < 1.29 is 42.3 Å². The molecular weight excluding hydrogens is 1590 g/mol. The second kappa shape index (κ2) is 40.9. The molecule has 2 saturated heterocycles. The van der Waals surface area contributed by atoms with Gasteiger partial charge in [-0.25, -0.2) is 49.2 Å². The molecule has 0 radical (unpaired) electrons. The van der Waals surface area contributed by atoms with Crippen LogP contribution in [0.3, 0.4) is 0 Å². The number of carbonyl (C=O) groups excluding carboxylic acids is 7. The van der Waals surface area contributed by atoms with E-state index in [1.165, 1.54) is 21.6 Å². The van der Waals surface area contributed by atoms with Crippen LogP contribution >= 0.6 is 36.2 Å². The number of thiocarbonyl (C=S) groups is 2. The van der Waals surface area contributed by atoms with Crippen LogP contribution in [0.4, 0.5) is 8.78 Å². The summed E-state index contributed by atoms with van der Waals surface area (Å²) in [6.45, 7) is 72.8. The number of nitrogens with zero attached hydrogens (tertiary/aromatic N) is 13. The first-order valence-corrected chi connectivity index (χ1v) is 39.6. The number of carbonyl (C=O) groups is 7. The fourth-order valence-corrected chi connectivity index (χ4v) is 14.0. The molecule has 0 spiro atoms. The third-order valence-electron chi connectivity index (χ3n) is 16.9. The van der Waals surface area contributed by atoms with Crippen LogP contribution in [0.1, 0.15) is 216 Å². The number of allylic oxidation sites excluding steroid dienone is 20. The van der Waals surface area contributed by atoms with E-state index in [9.17, 15) is 52.9 Å². The molecule has 622 valence electrons. The number of halogens is 2. The highest BCUT2D eigenvalue weighted by atomic mass is 32.2. The Kier molecular flexibility index (Phi) is 33.8. The molecule has 122 heavy (non-hydrogen) atoms. The average molecular weight is 1690 g/mol. The molecule has 0 N–H and O–H groups in total. The minimum absolute atomic E-state index is 0.0252. The molecule has 0 unspecified atom stereocenters. The maximum Gasteiger partial charge on any atom is 0.270 e. The quantitative estimate of drug-likeness (QED) is 0.0562. The van der Waals surface area contributed by atoms with Gasteiger partial charge in [-0.1, -0.05) is 285 Å². The minimum atomic E-state index is -1.13.